The summed E-state index contributed by atoms with van der Waals surface area (Å²) >= 11 is 0. The fourth-order valence-corrected chi connectivity index (χ4v) is 7.65. The maximum absolute atomic E-state index is 4.04. The molecule has 2 unspecified atom stereocenters. The van der Waals surface area contributed by atoms with Crippen molar-refractivity contribution >= 4 is 0 Å². The fourth-order valence-electron chi connectivity index (χ4n) is 7.65. The number of rotatable bonds is 2. The van der Waals surface area contributed by atoms with Crippen molar-refractivity contribution in [1.82, 2.24) is 5.32 Å². The summed E-state index contributed by atoms with van der Waals surface area (Å²) in [6, 6.07) is 1.71. The van der Waals surface area contributed by atoms with Crippen LogP contribution in [0.1, 0.15) is 78.1 Å². The van der Waals surface area contributed by atoms with E-state index in [1.807, 2.05) is 0 Å². The molecule has 1 nitrogen and oxygen atoms in total. The molecule has 5 rings (SSSR count). The van der Waals surface area contributed by atoms with Gasteiger partial charge >= 0.3 is 0 Å². The summed E-state index contributed by atoms with van der Waals surface area (Å²) in [7, 11) is 0. The van der Waals surface area contributed by atoms with Gasteiger partial charge in [-0.3, -0.25) is 0 Å². The third-order valence-electron chi connectivity index (χ3n) is 9.22. The lowest BCUT2D eigenvalue weighted by Gasteiger charge is -2.59. The van der Waals surface area contributed by atoms with Crippen LogP contribution in [0.25, 0.3) is 0 Å². The minimum absolute atomic E-state index is 0.609. The van der Waals surface area contributed by atoms with Gasteiger partial charge in [-0.1, -0.05) is 26.0 Å². The molecular weight excluding hydrogens is 278 g/mol. The van der Waals surface area contributed by atoms with Gasteiger partial charge in [0.15, 0.2) is 0 Å². The molecule has 0 radical (unpaired) electrons. The van der Waals surface area contributed by atoms with Crippen LogP contribution in [0.15, 0.2) is 12.2 Å². The first-order valence-corrected chi connectivity index (χ1v) is 10.5. The largest absolute Gasteiger partial charge is 0.311 e. The van der Waals surface area contributed by atoms with Crippen LogP contribution in [-0.2, 0) is 0 Å². The summed E-state index contributed by atoms with van der Waals surface area (Å²) in [6.45, 7) is 5.33. The predicted molar refractivity (Wildman–Crippen MR) is 96.2 cm³/mol. The number of hydrogen-bond acceptors (Lipinski definition) is 1. The highest BCUT2D eigenvalue weighted by atomic mass is 15.0. The van der Waals surface area contributed by atoms with Gasteiger partial charge in [0.05, 0.1) is 0 Å². The monoisotopic (exact) mass is 313 g/mol. The van der Waals surface area contributed by atoms with E-state index in [1.54, 1.807) is 0 Å². The molecule has 1 N–H and O–H groups in total. The van der Waals surface area contributed by atoms with E-state index in [-0.39, 0.29) is 0 Å². The zero-order valence-corrected chi connectivity index (χ0v) is 15.2. The molecule has 128 valence electrons. The maximum Gasteiger partial charge on any atom is 0.0126 e. The van der Waals surface area contributed by atoms with Crippen molar-refractivity contribution in [2.45, 2.75) is 90.1 Å². The van der Waals surface area contributed by atoms with Crippen molar-refractivity contribution in [3.05, 3.63) is 12.2 Å². The lowest BCUT2D eigenvalue weighted by atomic mass is 9.46. The quantitative estimate of drug-likeness (QED) is 0.681. The van der Waals surface area contributed by atoms with Crippen molar-refractivity contribution in [2.75, 3.05) is 0 Å². The highest BCUT2D eigenvalue weighted by molar-refractivity contribution is 5.13. The molecule has 0 bridgehead atoms. The summed E-state index contributed by atoms with van der Waals surface area (Å²) in [5, 5.41) is 4.04. The van der Waals surface area contributed by atoms with E-state index in [0.717, 1.165) is 35.8 Å². The summed E-state index contributed by atoms with van der Waals surface area (Å²) in [5.74, 6) is 4.05. The third-order valence-corrected chi connectivity index (χ3v) is 9.22. The number of nitrogens with one attached hydrogen (secondary N) is 1. The smallest absolute Gasteiger partial charge is 0.0126 e. The van der Waals surface area contributed by atoms with Crippen LogP contribution >= 0.6 is 0 Å². The molecular formula is C22H35N. The first kappa shape index (κ1) is 15.0. The van der Waals surface area contributed by atoms with E-state index in [1.165, 1.54) is 64.2 Å². The van der Waals surface area contributed by atoms with Gasteiger partial charge in [-0.2, -0.15) is 0 Å². The van der Waals surface area contributed by atoms with Crippen molar-refractivity contribution in [2.24, 2.45) is 34.5 Å². The van der Waals surface area contributed by atoms with Gasteiger partial charge in [0.1, 0.15) is 0 Å². The predicted octanol–water partition coefficient (Wildman–Crippen LogP) is 5.32. The Kier molecular flexibility index (Phi) is 3.32. The standard InChI is InChI=1S/C22H35N/c1-21-13-4-3-5-15(21)6-9-17-18-10-11-20(23-16-7-8-16)22(18,2)14-12-19(17)21/h3-4,15-20,23H,5-14H2,1-2H3/t15?,17-,18-,19-,20?,21-,22-/m0/s1. The highest BCUT2D eigenvalue weighted by Gasteiger charge is 2.59. The van der Waals surface area contributed by atoms with E-state index in [9.17, 15) is 0 Å². The van der Waals surface area contributed by atoms with Gasteiger partial charge in [0, 0.05) is 12.1 Å². The Hall–Kier alpha value is -0.300. The molecule has 7 atom stereocenters. The molecule has 23 heavy (non-hydrogen) atoms. The molecule has 0 aromatic rings. The molecule has 1 heteroatoms. The summed E-state index contributed by atoms with van der Waals surface area (Å²) in [4.78, 5) is 0. The van der Waals surface area contributed by atoms with Gasteiger partial charge in [-0.05, 0) is 98.7 Å². The first-order valence-electron chi connectivity index (χ1n) is 10.5. The van der Waals surface area contributed by atoms with Gasteiger partial charge in [-0.25, -0.2) is 0 Å². The Labute approximate surface area is 142 Å². The zero-order valence-electron chi connectivity index (χ0n) is 15.2. The number of fused-ring (bicyclic) bond motifs is 5. The minimum Gasteiger partial charge on any atom is -0.311 e. The molecule has 0 saturated heterocycles. The zero-order chi connectivity index (χ0) is 15.7. The number of hydrogen-bond donors (Lipinski definition) is 1. The van der Waals surface area contributed by atoms with Crippen molar-refractivity contribution in [1.29, 1.82) is 0 Å². The molecule has 0 heterocycles. The van der Waals surface area contributed by atoms with Crippen molar-refractivity contribution in [3.8, 4) is 0 Å². The summed E-state index contributed by atoms with van der Waals surface area (Å²) in [5.41, 5.74) is 1.23. The molecule has 0 amide bonds. The van der Waals surface area contributed by atoms with Crippen LogP contribution in [-0.4, -0.2) is 12.1 Å². The number of allylic oxidation sites excluding steroid dienone is 2. The van der Waals surface area contributed by atoms with Crippen molar-refractivity contribution in [3.63, 3.8) is 0 Å². The molecule has 0 spiro atoms. The Morgan fingerprint density at radius 1 is 0.826 bits per heavy atom. The second kappa shape index (κ2) is 5.10. The molecule has 5 aliphatic carbocycles. The average molecular weight is 314 g/mol. The first-order chi connectivity index (χ1) is 11.1. The van der Waals surface area contributed by atoms with Crippen LogP contribution in [0.2, 0.25) is 0 Å². The van der Waals surface area contributed by atoms with E-state index in [4.69, 9.17) is 0 Å². The van der Waals surface area contributed by atoms with Gasteiger partial charge in [0.25, 0.3) is 0 Å². The lowest BCUT2D eigenvalue weighted by molar-refractivity contribution is -0.0918. The highest BCUT2D eigenvalue weighted by Crippen LogP contribution is 2.65. The van der Waals surface area contributed by atoms with Crippen LogP contribution in [0.4, 0.5) is 0 Å². The second-order valence-electron chi connectivity index (χ2n) is 10.2. The van der Waals surface area contributed by atoms with Gasteiger partial charge < -0.3 is 5.32 Å². The van der Waals surface area contributed by atoms with Crippen molar-refractivity contribution < 1.29 is 0 Å². The van der Waals surface area contributed by atoms with E-state index in [0.29, 0.717) is 10.8 Å². The van der Waals surface area contributed by atoms with Gasteiger partial charge in [-0.15, -0.1) is 0 Å². The third kappa shape index (κ3) is 2.14. The van der Waals surface area contributed by atoms with E-state index < -0.39 is 0 Å². The fraction of sp³-hybridized carbons (Fsp3) is 0.909. The van der Waals surface area contributed by atoms with Crippen LogP contribution in [0.5, 0.6) is 0 Å². The Balaban J connectivity index is 1.41. The summed E-state index contributed by atoms with van der Waals surface area (Å²) in [6.07, 6.45) is 19.6. The molecule has 4 fully saturated rings. The maximum atomic E-state index is 4.04. The topological polar surface area (TPSA) is 12.0 Å². The lowest BCUT2D eigenvalue weighted by Crippen LogP contribution is -2.54. The van der Waals surface area contributed by atoms with E-state index in [2.05, 4.69) is 31.3 Å². The van der Waals surface area contributed by atoms with Crippen LogP contribution in [0.3, 0.4) is 0 Å². The minimum atomic E-state index is 0.609. The Bertz CT molecular complexity index is 506. The van der Waals surface area contributed by atoms with E-state index >= 15 is 0 Å². The Morgan fingerprint density at radius 3 is 2.48 bits per heavy atom. The molecule has 0 aromatic heterocycles. The second-order valence-corrected chi connectivity index (χ2v) is 10.2. The average Bonchev–Trinajstić information content (AvgIpc) is 3.29. The summed E-state index contributed by atoms with van der Waals surface area (Å²) < 4.78 is 0. The molecule has 4 saturated carbocycles. The van der Waals surface area contributed by atoms with Crippen LogP contribution < -0.4 is 5.32 Å². The van der Waals surface area contributed by atoms with Gasteiger partial charge in [0.2, 0.25) is 0 Å². The normalized spacial score (nSPS) is 55.1. The molecule has 0 aromatic carbocycles. The Morgan fingerprint density at radius 2 is 1.65 bits per heavy atom. The molecule has 0 aliphatic heterocycles. The van der Waals surface area contributed by atoms with Crippen LogP contribution in [0, 0.1) is 34.5 Å². The SMILES string of the molecule is C[C@]12CC=CCC1CC[C@@H]1[C@@H]2CC[C@]2(C)C(NC3CC3)CC[C@@H]12. The molecule has 5 aliphatic rings.